The van der Waals surface area contributed by atoms with Gasteiger partial charge in [-0.1, -0.05) is 18.2 Å². The summed E-state index contributed by atoms with van der Waals surface area (Å²) >= 11 is 0. The molecule has 3 aromatic rings. The SMILES string of the molecule is N#C/C(=C\c1ccc(O)c([N+](=O)[O-])c1)c1nc2ccccc2c(=O)[nH]1. The van der Waals surface area contributed by atoms with E-state index in [1.807, 2.05) is 6.07 Å². The zero-order chi connectivity index (χ0) is 18.0. The van der Waals surface area contributed by atoms with Gasteiger partial charge in [0.2, 0.25) is 0 Å². The zero-order valence-electron chi connectivity index (χ0n) is 12.6. The number of aromatic hydroxyl groups is 1. The molecule has 2 N–H and O–H groups in total. The molecule has 0 atom stereocenters. The highest BCUT2D eigenvalue weighted by Gasteiger charge is 2.14. The number of nitrogens with one attached hydrogen (secondary N) is 1. The number of aromatic nitrogens is 2. The lowest BCUT2D eigenvalue weighted by Gasteiger charge is -2.02. The van der Waals surface area contributed by atoms with E-state index < -0.39 is 21.9 Å². The molecule has 3 rings (SSSR count). The molecule has 0 unspecified atom stereocenters. The maximum absolute atomic E-state index is 12.1. The maximum Gasteiger partial charge on any atom is 0.311 e. The van der Waals surface area contributed by atoms with E-state index in [0.717, 1.165) is 12.1 Å². The van der Waals surface area contributed by atoms with Crippen molar-refractivity contribution >= 4 is 28.2 Å². The number of nitriles is 1. The van der Waals surface area contributed by atoms with Gasteiger partial charge < -0.3 is 10.1 Å². The van der Waals surface area contributed by atoms with Crippen molar-refractivity contribution in [3.8, 4) is 11.8 Å². The van der Waals surface area contributed by atoms with Gasteiger partial charge in [0.15, 0.2) is 11.6 Å². The first-order chi connectivity index (χ1) is 12.0. The van der Waals surface area contributed by atoms with Gasteiger partial charge in [-0.25, -0.2) is 4.98 Å². The summed E-state index contributed by atoms with van der Waals surface area (Å²) in [5, 5.41) is 30.1. The summed E-state index contributed by atoms with van der Waals surface area (Å²) in [6, 6.07) is 12.3. The Morgan fingerprint density at radius 3 is 2.80 bits per heavy atom. The number of hydrogen-bond acceptors (Lipinski definition) is 6. The van der Waals surface area contributed by atoms with Crippen LogP contribution in [0, 0.1) is 21.4 Å². The number of allylic oxidation sites excluding steroid dienone is 1. The number of benzene rings is 2. The summed E-state index contributed by atoms with van der Waals surface area (Å²) < 4.78 is 0. The summed E-state index contributed by atoms with van der Waals surface area (Å²) in [6.45, 7) is 0. The van der Waals surface area contributed by atoms with Gasteiger partial charge in [-0.3, -0.25) is 14.9 Å². The van der Waals surface area contributed by atoms with E-state index in [9.17, 15) is 25.3 Å². The summed E-state index contributed by atoms with van der Waals surface area (Å²) in [7, 11) is 0. The minimum atomic E-state index is -0.727. The highest BCUT2D eigenvalue weighted by molar-refractivity contribution is 5.89. The number of phenols is 1. The molecule has 1 aromatic heterocycles. The van der Waals surface area contributed by atoms with E-state index in [0.29, 0.717) is 16.5 Å². The van der Waals surface area contributed by atoms with Crippen LogP contribution in [0.5, 0.6) is 5.75 Å². The number of para-hydroxylation sites is 1. The zero-order valence-corrected chi connectivity index (χ0v) is 12.6. The maximum atomic E-state index is 12.1. The molecule has 2 aromatic carbocycles. The molecule has 122 valence electrons. The lowest BCUT2D eigenvalue weighted by Crippen LogP contribution is -2.11. The second-order valence-corrected chi connectivity index (χ2v) is 5.11. The molecular weight excluding hydrogens is 324 g/mol. The molecule has 8 heteroatoms. The fraction of sp³-hybridized carbons (Fsp3) is 0. The predicted octanol–water partition coefficient (Wildman–Crippen LogP) is 2.60. The molecule has 0 saturated carbocycles. The molecule has 0 radical (unpaired) electrons. The molecule has 0 spiro atoms. The summed E-state index contributed by atoms with van der Waals surface area (Å²) in [6.07, 6.45) is 1.35. The first-order valence-electron chi connectivity index (χ1n) is 7.08. The molecule has 0 bridgehead atoms. The number of aromatic amines is 1. The molecule has 0 aliphatic heterocycles. The Hall–Kier alpha value is -3.99. The van der Waals surface area contributed by atoms with Crippen molar-refractivity contribution < 1.29 is 10.0 Å². The van der Waals surface area contributed by atoms with E-state index in [2.05, 4.69) is 9.97 Å². The molecule has 8 nitrogen and oxygen atoms in total. The van der Waals surface area contributed by atoms with Crippen LogP contribution >= 0.6 is 0 Å². The number of fused-ring (bicyclic) bond motifs is 1. The number of nitrogens with zero attached hydrogens (tertiary/aromatic N) is 3. The Bertz CT molecular complexity index is 1130. The van der Waals surface area contributed by atoms with E-state index in [-0.39, 0.29) is 11.4 Å². The van der Waals surface area contributed by atoms with Gasteiger partial charge in [0.05, 0.1) is 21.4 Å². The lowest BCUT2D eigenvalue weighted by atomic mass is 10.1. The van der Waals surface area contributed by atoms with Gasteiger partial charge in [0.1, 0.15) is 6.07 Å². The summed E-state index contributed by atoms with van der Waals surface area (Å²) in [5.74, 6) is -0.417. The van der Waals surface area contributed by atoms with Crippen LogP contribution in [0.1, 0.15) is 11.4 Å². The topological polar surface area (TPSA) is 133 Å². The van der Waals surface area contributed by atoms with Crippen LogP contribution in [0.25, 0.3) is 22.6 Å². The van der Waals surface area contributed by atoms with E-state index in [1.165, 1.54) is 12.1 Å². The van der Waals surface area contributed by atoms with Gasteiger partial charge in [-0.15, -0.1) is 0 Å². The van der Waals surface area contributed by atoms with Crippen molar-refractivity contribution in [1.29, 1.82) is 5.26 Å². The third-order valence-corrected chi connectivity index (χ3v) is 3.50. The van der Waals surface area contributed by atoms with Crippen LogP contribution in [0.15, 0.2) is 47.3 Å². The number of rotatable bonds is 3. The van der Waals surface area contributed by atoms with E-state index >= 15 is 0 Å². The average Bonchev–Trinajstić information content (AvgIpc) is 2.60. The van der Waals surface area contributed by atoms with Crippen LogP contribution < -0.4 is 5.56 Å². The number of nitro groups is 1. The lowest BCUT2D eigenvalue weighted by molar-refractivity contribution is -0.385. The van der Waals surface area contributed by atoms with Gasteiger partial charge in [0, 0.05) is 6.07 Å². The smallest absolute Gasteiger partial charge is 0.311 e. The molecule has 1 heterocycles. The fourth-order valence-corrected chi connectivity index (χ4v) is 2.31. The molecule has 0 aliphatic carbocycles. The van der Waals surface area contributed by atoms with Crippen molar-refractivity contribution in [2.45, 2.75) is 0 Å². The van der Waals surface area contributed by atoms with Crippen molar-refractivity contribution in [1.82, 2.24) is 9.97 Å². The monoisotopic (exact) mass is 334 g/mol. The first kappa shape index (κ1) is 15.9. The quantitative estimate of drug-likeness (QED) is 0.429. The fourth-order valence-electron chi connectivity index (χ4n) is 2.31. The highest BCUT2D eigenvalue weighted by Crippen LogP contribution is 2.28. The molecule has 0 fully saturated rings. The van der Waals surface area contributed by atoms with Crippen LogP contribution in [-0.4, -0.2) is 20.0 Å². The van der Waals surface area contributed by atoms with Crippen LogP contribution in [0.2, 0.25) is 0 Å². The normalized spacial score (nSPS) is 11.2. The minimum absolute atomic E-state index is 0.0304. The highest BCUT2D eigenvalue weighted by atomic mass is 16.6. The van der Waals surface area contributed by atoms with Gasteiger partial charge in [0.25, 0.3) is 5.56 Å². The van der Waals surface area contributed by atoms with E-state index in [4.69, 9.17) is 0 Å². The Labute approximate surface area is 140 Å². The van der Waals surface area contributed by atoms with Crippen molar-refractivity contribution in [2.24, 2.45) is 0 Å². The van der Waals surface area contributed by atoms with Crippen LogP contribution in [0.3, 0.4) is 0 Å². The van der Waals surface area contributed by atoms with E-state index in [1.54, 1.807) is 24.3 Å². The molecule has 0 saturated heterocycles. The average molecular weight is 334 g/mol. The number of phenolic OH excluding ortho intramolecular Hbond substituents is 1. The number of hydrogen-bond donors (Lipinski definition) is 2. The van der Waals surface area contributed by atoms with Gasteiger partial charge >= 0.3 is 5.69 Å². The number of H-pyrrole nitrogens is 1. The Balaban J connectivity index is 2.14. The van der Waals surface area contributed by atoms with Crippen LogP contribution in [0.4, 0.5) is 5.69 Å². The van der Waals surface area contributed by atoms with Gasteiger partial charge in [-0.05, 0) is 29.8 Å². The Morgan fingerprint density at radius 1 is 1.32 bits per heavy atom. The van der Waals surface area contributed by atoms with Crippen molar-refractivity contribution in [2.75, 3.05) is 0 Å². The minimum Gasteiger partial charge on any atom is -0.502 e. The Kier molecular flexibility index (Phi) is 3.97. The Morgan fingerprint density at radius 2 is 2.08 bits per heavy atom. The second-order valence-electron chi connectivity index (χ2n) is 5.11. The molecule has 25 heavy (non-hydrogen) atoms. The first-order valence-corrected chi connectivity index (χ1v) is 7.08. The third kappa shape index (κ3) is 3.07. The molecule has 0 aliphatic rings. The largest absolute Gasteiger partial charge is 0.502 e. The van der Waals surface area contributed by atoms with Crippen molar-refractivity contribution in [3.05, 3.63) is 74.3 Å². The second kappa shape index (κ2) is 6.25. The molecular formula is C17H10N4O4. The van der Waals surface area contributed by atoms with Crippen LogP contribution in [-0.2, 0) is 0 Å². The number of nitro benzene ring substituents is 1. The summed E-state index contributed by atoms with van der Waals surface area (Å²) in [5.41, 5.74) is -0.0942. The standard InChI is InChI=1S/C17H10N4O4/c18-9-11(7-10-5-6-15(22)14(8-10)21(24)25)16-19-13-4-2-1-3-12(13)17(23)20-16/h1-8,22H,(H,19,20,23)/b11-7+. The van der Waals surface area contributed by atoms with Crippen molar-refractivity contribution in [3.63, 3.8) is 0 Å². The van der Waals surface area contributed by atoms with Gasteiger partial charge in [-0.2, -0.15) is 5.26 Å². The third-order valence-electron chi connectivity index (χ3n) is 3.50. The predicted molar refractivity (Wildman–Crippen MR) is 90.6 cm³/mol. The molecule has 0 amide bonds. The summed E-state index contributed by atoms with van der Waals surface area (Å²) in [4.78, 5) is 29.0.